The third kappa shape index (κ3) is 6.07. The van der Waals surface area contributed by atoms with Gasteiger partial charge in [-0.15, -0.1) is 0 Å². The minimum atomic E-state index is -1.00. The van der Waals surface area contributed by atoms with Crippen LogP contribution in [0.5, 0.6) is 0 Å². The molecule has 5 N–H and O–H groups in total. The molecular formula is C11H21N3O4. The second-order valence-corrected chi connectivity index (χ2v) is 5.51. The number of carbonyl (C=O) groups is 3. The lowest BCUT2D eigenvalue weighted by molar-refractivity contribution is -0.138. The molecule has 0 fully saturated rings. The zero-order valence-electron chi connectivity index (χ0n) is 11.2. The summed E-state index contributed by atoms with van der Waals surface area (Å²) in [6.07, 6.45) is -0.195. The molecule has 0 aliphatic carbocycles. The Morgan fingerprint density at radius 3 is 2.06 bits per heavy atom. The first-order valence-corrected chi connectivity index (χ1v) is 5.54. The summed E-state index contributed by atoms with van der Waals surface area (Å²) in [7, 11) is 0. The van der Waals surface area contributed by atoms with Gasteiger partial charge in [-0.2, -0.15) is 0 Å². The van der Waals surface area contributed by atoms with Gasteiger partial charge in [0.25, 0.3) is 0 Å². The van der Waals surface area contributed by atoms with Crippen molar-refractivity contribution in [3.05, 3.63) is 0 Å². The van der Waals surface area contributed by atoms with Gasteiger partial charge in [-0.1, -0.05) is 0 Å². The topological polar surface area (TPSA) is 122 Å². The molecule has 18 heavy (non-hydrogen) atoms. The number of nitrogens with two attached hydrogens (primary N) is 1. The Balaban J connectivity index is 4.28. The first-order chi connectivity index (χ1) is 7.96. The second kappa shape index (κ2) is 5.70. The number of carboxylic acid groups (broad SMARTS) is 1. The maximum Gasteiger partial charge on any atom is 0.315 e. The largest absolute Gasteiger partial charge is 0.481 e. The van der Waals surface area contributed by atoms with Crippen molar-refractivity contribution in [3.63, 3.8) is 0 Å². The SMILES string of the molecule is CC(C)(CC(=O)O)NC(=O)NCC(C)(C)C(N)=O. The molecule has 0 aromatic carbocycles. The maximum atomic E-state index is 11.5. The summed E-state index contributed by atoms with van der Waals surface area (Å²) < 4.78 is 0. The van der Waals surface area contributed by atoms with E-state index in [1.54, 1.807) is 27.7 Å². The number of amides is 3. The first kappa shape index (κ1) is 16.2. The third-order valence-corrected chi connectivity index (χ3v) is 2.40. The van der Waals surface area contributed by atoms with Crippen molar-refractivity contribution in [2.75, 3.05) is 6.54 Å². The highest BCUT2D eigenvalue weighted by molar-refractivity contribution is 5.82. The normalized spacial score (nSPS) is 11.8. The fourth-order valence-electron chi connectivity index (χ4n) is 1.16. The van der Waals surface area contributed by atoms with Crippen molar-refractivity contribution in [1.82, 2.24) is 10.6 Å². The molecule has 0 saturated carbocycles. The van der Waals surface area contributed by atoms with Crippen molar-refractivity contribution in [3.8, 4) is 0 Å². The number of primary amides is 1. The first-order valence-electron chi connectivity index (χ1n) is 5.54. The van der Waals surface area contributed by atoms with Crippen LogP contribution in [0.1, 0.15) is 34.1 Å². The van der Waals surface area contributed by atoms with E-state index >= 15 is 0 Å². The van der Waals surface area contributed by atoms with Gasteiger partial charge in [-0.3, -0.25) is 9.59 Å². The van der Waals surface area contributed by atoms with E-state index in [1.165, 1.54) is 0 Å². The quantitative estimate of drug-likeness (QED) is 0.538. The van der Waals surface area contributed by atoms with Gasteiger partial charge >= 0.3 is 12.0 Å². The summed E-state index contributed by atoms with van der Waals surface area (Å²) in [5.41, 5.74) is 3.44. The number of aliphatic carboxylic acids is 1. The standard InChI is InChI=1S/C11H21N3O4/c1-10(2,8(12)17)6-13-9(18)14-11(3,4)5-7(15)16/h5-6H2,1-4H3,(H2,12,17)(H,15,16)(H2,13,14,18). The minimum Gasteiger partial charge on any atom is -0.481 e. The lowest BCUT2D eigenvalue weighted by Crippen LogP contribution is -2.52. The van der Waals surface area contributed by atoms with Crippen molar-refractivity contribution in [2.45, 2.75) is 39.7 Å². The van der Waals surface area contributed by atoms with E-state index in [1.807, 2.05) is 0 Å². The van der Waals surface area contributed by atoms with Gasteiger partial charge in [-0.05, 0) is 27.7 Å². The molecule has 0 radical (unpaired) electrons. The smallest absolute Gasteiger partial charge is 0.315 e. The number of rotatable bonds is 6. The van der Waals surface area contributed by atoms with Gasteiger partial charge < -0.3 is 21.5 Å². The van der Waals surface area contributed by atoms with Gasteiger partial charge in [0, 0.05) is 12.1 Å². The number of hydrogen-bond acceptors (Lipinski definition) is 3. The molecule has 3 amide bonds. The monoisotopic (exact) mass is 259 g/mol. The molecule has 0 atom stereocenters. The summed E-state index contributed by atoms with van der Waals surface area (Å²) in [5.74, 6) is -1.52. The Morgan fingerprint density at radius 2 is 1.67 bits per heavy atom. The van der Waals surface area contributed by atoms with Crippen LogP contribution in [0.4, 0.5) is 4.79 Å². The predicted octanol–water partition coefficient (Wildman–Crippen LogP) is 0.0504. The molecule has 0 saturated heterocycles. The van der Waals surface area contributed by atoms with Crippen LogP contribution in [0.2, 0.25) is 0 Å². The van der Waals surface area contributed by atoms with Crippen LogP contribution in [0.3, 0.4) is 0 Å². The van der Waals surface area contributed by atoms with Crippen molar-refractivity contribution in [1.29, 1.82) is 0 Å². The number of urea groups is 1. The van der Waals surface area contributed by atoms with Crippen LogP contribution in [-0.2, 0) is 9.59 Å². The molecule has 0 spiro atoms. The van der Waals surface area contributed by atoms with Crippen LogP contribution in [0.25, 0.3) is 0 Å². The molecule has 0 bridgehead atoms. The average Bonchev–Trinajstić information content (AvgIpc) is 2.11. The number of carboxylic acids is 1. The Labute approximate surface area is 106 Å². The number of carbonyl (C=O) groups excluding carboxylic acids is 2. The molecule has 7 nitrogen and oxygen atoms in total. The highest BCUT2D eigenvalue weighted by atomic mass is 16.4. The Bertz CT molecular complexity index is 350. The fourth-order valence-corrected chi connectivity index (χ4v) is 1.16. The van der Waals surface area contributed by atoms with Crippen LogP contribution in [-0.4, -0.2) is 35.1 Å². The molecule has 0 rings (SSSR count). The molecule has 104 valence electrons. The number of hydrogen-bond donors (Lipinski definition) is 4. The van der Waals surface area contributed by atoms with Crippen molar-refractivity contribution in [2.24, 2.45) is 11.1 Å². The lowest BCUT2D eigenvalue weighted by atomic mass is 9.93. The van der Waals surface area contributed by atoms with Gasteiger partial charge in [-0.25, -0.2) is 4.79 Å². The average molecular weight is 259 g/mol. The molecule has 0 heterocycles. The zero-order valence-corrected chi connectivity index (χ0v) is 11.2. The number of nitrogens with one attached hydrogen (secondary N) is 2. The predicted molar refractivity (Wildman–Crippen MR) is 65.8 cm³/mol. The van der Waals surface area contributed by atoms with Gasteiger partial charge in [0.1, 0.15) is 0 Å². The Morgan fingerprint density at radius 1 is 1.17 bits per heavy atom. The van der Waals surface area contributed by atoms with Crippen LogP contribution < -0.4 is 16.4 Å². The Hall–Kier alpha value is -1.79. The lowest BCUT2D eigenvalue weighted by Gasteiger charge is -2.26. The summed E-state index contributed by atoms with van der Waals surface area (Å²) in [5, 5.41) is 13.7. The summed E-state index contributed by atoms with van der Waals surface area (Å²) in [4.78, 5) is 33.1. The molecule has 0 aliphatic rings. The van der Waals surface area contributed by atoms with Crippen LogP contribution >= 0.6 is 0 Å². The molecule has 0 aliphatic heterocycles. The van der Waals surface area contributed by atoms with Crippen LogP contribution in [0.15, 0.2) is 0 Å². The molecule has 0 unspecified atom stereocenters. The van der Waals surface area contributed by atoms with E-state index in [2.05, 4.69) is 10.6 Å². The van der Waals surface area contributed by atoms with E-state index in [0.29, 0.717) is 0 Å². The summed E-state index contributed by atoms with van der Waals surface area (Å²) >= 11 is 0. The summed E-state index contributed by atoms with van der Waals surface area (Å²) in [6, 6.07) is -0.532. The maximum absolute atomic E-state index is 11.5. The molecule has 0 aromatic rings. The molecule has 7 heteroatoms. The fraction of sp³-hybridized carbons (Fsp3) is 0.727. The minimum absolute atomic E-state index is 0.0807. The van der Waals surface area contributed by atoms with E-state index in [9.17, 15) is 14.4 Å². The van der Waals surface area contributed by atoms with Crippen molar-refractivity contribution >= 4 is 17.9 Å². The summed E-state index contributed by atoms with van der Waals surface area (Å²) in [6.45, 7) is 6.49. The van der Waals surface area contributed by atoms with Gasteiger partial charge in [0.15, 0.2) is 0 Å². The van der Waals surface area contributed by atoms with Gasteiger partial charge in [0.2, 0.25) is 5.91 Å². The van der Waals surface area contributed by atoms with E-state index < -0.39 is 28.9 Å². The zero-order chi connectivity index (χ0) is 14.6. The third-order valence-electron chi connectivity index (χ3n) is 2.40. The highest BCUT2D eigenvalue weighted by Gasteiger charge is 2.27. The van der Waals surface area contributed by atoms with E-state index in [-0.39, 0.29) is 13.0 Å². The van der Waals surface area contributed by atoms with E-state index in [4.69, 9.17) is 10.8 Å². The second-order valence-electron chi connectivity index (χ2n) is 5.51. The molecular weight excluding hydrogens is 238 g/mol. The Kier molecular flexibility index (Phi) is 5.13. The molecule has 0 aromatic heterocycles. The van der Waals surface area contributed by atoms with Gasteiger partial charge in [0.05, 0.1) is 11.8 Å². The van der Waals surface area contributed by atoms with Crippen molar-refractivity contribution < 1.29 is 19.5 Å². The van der Waals surface area contributed by atoms with Crippen LogP contribution in [0, 0.1) is 5.41 Å². The van der Waals surface area contributed by atoms with E-state index in [0.717, 1.165) is 0 Å². The highest BCUT2D eigenvalue weighted by Crippen LogP contribution is 2.12.